The molecule has 412 valence electrons. The fraction of sp³-hybridized carbons (Fsp3) is 0.578. The molecule has 0 aliphatic heterocycles. The molecule has 10 atom stereocenters. The summed E-state index contributed by atoms with van der Waals surface area (Å²) < 4.78 is 40.9. The van der Waals surface area contributed by atoms with Crippen molar-refractivity contribution < 1.29 is 84.5 Å². The number of hydrogen-bond donors (Lipinski definition) is 16. The molecule has 29 heteroatoms. The van der Waals surface area contributed by atoms with Crippen LogP contribution in [-0.2, 0) is 68.7 Å². The number of amides is 13. The van der Waals surface area contributed by atoms with E-state index < -0.39 is 218 Å². The maximum absolute atomic E-state index is 13.9. The Morgan fingerprint density at radius 1 is 0.527 bits per heavy atom. The Labute approximate surface area is 433 Å². The highest BCUT2D eigenvalue weighted by Crippen LogP contribution is 2.12. The van der Waals surface area contributed by atoms with E-state index in [1.54, 1.807) is 27.7 Å². The predicted molar refractivity (Wildman–Crippen MR) is 259 cm³/mol. The second kappa shape index (κ2) is 32.3. The van der Waals surface area contributed by atoms with E-state index in [9.17, 15) is 77.6 Å². The van der Waals surface area contributed by atoms with Gasteiger partial charge < -0.3 is 85.7 Å². The molecule has 0 heterocycles. The predicted octanol–water partition coefficient (Wildman–Crippen LogP) is -7.95. The van der Waals surface area contributed by atoms with Crippen LogP contribution in [0.25, 0.3) is 0 Å². The molecule has 1 aromatic carbocycles. The molecule has 0 aromatic heterocycles. The first-order valence-electron chi connectivity index (χ1n) is 25.5. The highest BCUT2D eigenvalue weighted by Gasteiger charge is 2.36. The van der Waals surface area contributed by atoms with E-state index in [0.717, 1.165) is 6.92 Å². The van der Waals surface area contributed by atoms with Crippen LogP contribution in [0, 0.1) is 11.8 Å². The number of primary amides is 3. The van der Waals surface area contributed by atoms with E-state index in [2.05, 4.69) is 53.2 Å². The van der Waals surface area contributed by atoms with Gasteiger partial charge in [-0.3, -0.25) is 62.3 Å². The summed E-state index contributed by atoms with van der Waals surface area (Å²) in [4.78, 5) is 168. The molecule has 1 rings (SSSR count). The molecule has 0 radical (unpaired) electrons. The molecule has 0 fully saturated rings. The van der Waals surface area contributed by atoms with Crippen molar-refractivity contribution in [2.75, 3.05) is 26.4 Å². The summed E-state index contributed by atoms with van der Waals surface area (Å²) in [6, 6.07) is -19.2. The minimum Gasteiger partial charge on any atom is -0.394 e. The van der Waals surface area contributed by atoms with Gasteiger partial charge in [-0.05, 0) is 30.7 Å². The van der Waals surface area contributed by atoms with Crippen molar-refractivity contribution in [3.63, 3.8) is 0 Å². The summed E-state index contributed by atoms with van der Waals surface area (Å²) in [5, 5.41) is 51.0. The Balaban J connectivity index is 3.45. The topological polar surface area (TPSA) is 481 Å². The van der Waals surface area contributed by atoms with E-state index in [1.165, 1.54) is 6.92 Å². The number of hydrogen-bond acceptors (Lipinski definition) is 16. The first-order chi connectivity index (χ1) is 36.7. The Morgan fingerprint density at radius 2 is 0.959 bits per heavy atom. The minimum absolute atomic E-state index is 0.0232. The Morgan fingerprint density at radius 3 is 1.41 bits per heavy atom. The number of nitrogens with one attached hydrogen (secondary N) is 10. The highest BCUT2D eigenvalue weighted by atomic mass is 16.3. The van der Waals surface area contributed by atoms with E-state index in [-0.39, 0.29) is 18.8 Å². The van der Waals surface area contributed by atoms with Gasteiger partial charge >= 0.3 is 0 Å². The Bertz CT molecular complexity index is 2430. The van der Waals surface area contributed by atoms with Crippen molar-refractivity contribution >= 4 is 76.8 Å². The van der Waals surface area contributed by atoms with Crippen LogP contribution >= 0.6 is 0 Å². The lowest BCUT2D eigenvalue weighted by Crippen LogP contribution is -2.61. The second-order valence-corrected chi connectivity index (χ2v) is 17.2. The first kappa shape index (κ1) is 55.5. The van der Waals surface area contributed by atoms with Crippen LogP contribution in [0.15, 0.2) is 30.2 Å². The third-order valence-electron chi connectivity index (χ3n) is 10.5. The van der Waals surface area contributed by atoms with Crippen molar-refractivity contribution in [3.05, 3.63) is 35.8 Å². The lowest BCUT2D eigenvalue weighted by Gasteiger charge is -2.29. The lowest BCUT2D eigenvalue weighted by molar-refractivity contribution is -0.137. The normalized spacial score (nSPS) is 15.9. The summed E-state index contributed by atoms with van der Waals surface area (Å²) >= 11 is 0. The average molecular weight is 1060 g/mol. The Kier molecular flexibility index (Phi) is 24.2. The molecule has 1 aromatic rings. The van der Waals surface area contributed by atoms with Gasteiger partial charge in [0.15, 0.2) is 0 Å². The van der Waals surface area contributed by atoms with Gasteiger partial charge in [-0.2, -0.15) is 0 Å². The van der Waals surface area contributed by atoms with E-state index in [1.807, 2.05) is 0 Å². The molecule has 29 nitrogen and oxygen atoms in total. The molecule has 0 aliphatic carbocycles. The van der Waals surface area contributed by atoms with Gasteiger partial charge in [0.05, 0.1) is 46.1 Å². The van der Waals surface area contributed by atoms with Crippen molar-refractivity contribution in [2.24, 2.45) is 29.0 Å². The number of carbonyl (C=O) groups excluding carboxylic acids is 13. The smallest absolute Gasteiger partial charge is 0.245 e. The van der Waals surface area contributed by atoms with Crippen LogP contribution < -0.4 is 70.4 Å². The van der Waals surface area contributed by atoms with Gasteiger partial charge in [-0.1, -0.05) is 64.3 Å². The van der Waals surface area contributed by atoms with Crippen molar-refractivity contribution in [2.45, 2.75) is 128 Å². The molecule has 0 bridgehead atoms. The van der Waals surface area contributed by atoms with E-state index >= 15 is 0 Å². The number of rotatable bonds is 33. The molecule has 0 spiro atoms. The number of carbonyl (C=O) groups is 13. The third-order valence-corrected chi connectivity index (χ3v) is 10.5. The first-order valence-corrected chi connectivity index (χ1v) is 23.0. The van der Waals surface area contributed by atoms with Gasteiger partial charge in [0.1, 0.15) is 54.4 Å². The molecule has 0 saturated carbocycles. The zero-order valence-corrected chi connectivity index (χ0v) is 41.6. The highest BCUT2D eigenvalue weighted by molar-refractivity contribution is 6.00. The SMILES string of the molecule is [2H]c1c([2H])c([2H])c(C[C@H](NC(=O)[C@H](CC(N)=O)NC(=O)[C@H](CC(N)=O)NC(=O)[C@H](CO)NC(C)=O)C(=O)NCC(=O)N[C@@H](C)C(=O)N[C@H](C(=O)N[C@@H](CC(C)C)C(=O)N[C@@H](CO)C(=O)N[C@@H](CO)C(N)=O)[C@@H](C)CC)c([2H])c1[2H]. The zero-order chi connectivity index (χ0) is 60.8. The Hall–Kier alpha value is -7.79. The minimum atomic E-state index is -2.05. The van der Waals surface area contributed by atoms with Crippen LogP contribution in [-0.4, -0.2) is 173 Å². The molecule has 19 N–H and O–H groups in total. The summed E-state index contributed by atoms with van der Waals surface area (Å²) in [6.45, 7) is 5.05. The maximum Gasteiger partial charge on any atom is 0.245 e. The standard InChI is InChI=1S/C45H71N13O16/c1-7-22(4)36(45(74)55-26(13-21(2)3)40(69)57-32(20-61)44(73)56-30(18-59)37(48)66)58-38(67)23(5)50-35(65)17-49-39(68)27(14-25-11-9-8-10-12-25)52-41(70)28(15-33(46)63)53-42(71)29(16-34(47)64)54-43(72)31(19-60)51-24(6)62/h8-12,21-23,26-32,36,59-61H,7,13-20H2,1-6H3,(H2,46,63)(H2,47,64)(H2,48,66)(H,49,68)(H,50,65)(H,51,62)(H,52,70)(H,53,71)(H,54,72)(H,55,74)(H,56,73)(H,57,69)(H,58,67)/t22-,23-,26-,27-,28-,29-,30-,31-,32-,36-/m0/s1/i8D,9D,10D,11D,12D. The maximum atomic E-state index is 13.9. The quantitative estimate of drug-likeness (QED) is 0.0311. The molecule has 0 aliphatic rings. The van der Waals surface area contributed by atoms with Gasteiger partial charge in [-0.15, -0.1) is 0 Å². The fourth-order valence-electron chi connectivity index (χ4n) is 6.41. The summed E-state index contributed by atoms with van der Waals surface area (Å²) in [7, 11) is 0. The third kappa shape index (κ3) is 23.2. The van der Waals surface area contributed by atoms with E-state index in [0.29, 0.717) is 0 Å². The largest absolute Gasteiger partial charge is 0.394 e. The van der Waals surface area contributed by atoms with Gasteiger partial charge in [0, 0.05) is 13.3 Å². The monoisotopic (exact) mass is 1050 g/mol. The van der Waals surface area contributed by atoms with E-state index in [4.69, 9.17) is 24.1 Å². The zero-order valence-electron chi connectivity index (χ0n) is 46.6. The van der Waals surface area contributed by atoms with Crippen LogP contribution in [0.1, 0.15) is 79.6 Å². The molecular weight excluding hydrogens is 979 g/mol. The lowest BCUT2D eigenvalue weighted by atomic mass is 9.96. The number of benzene rings is 1. The van der Waals surface area contributed by atoms with Crippen LogP contribution in [0.3, 0.4) is 0 Å². The summed E-state index contributed by atoms with van der Waals surface area (Å²) in [6.07, 6.45) is -2.62. The number of nitrogens with two attached hydrogens (primary N) is 3. The number of aliphatic hydroxyl groups excluding tert-OH is 3. The van der Waals surface area contributed by atoms with Gasteiger partial charge in [-0.25, -0.2) is 0 Å². The molecule has 0 unspecified atom stereocenters. The van der Waals surface area contributed by atoms with Crippen molar-refractivity contribution in [3.8, 4) is 0 Å². The van der Waals surface area contributed by atoms with Crippen molar-refractivity contribution in [1.29, 1.82) is 0 Å². The van der Waals surface area contributed by atoms with Crippen LogP contribution in [0.2, 0.25) is 0 Å². The average Bonchev–Trinajstić information content (AvgIpc) is 3.37. The van der Waals surface area contributed by atoms with Crippen molar-refractivity contribution in [1.82, 2.24) is 53.2 Å². The van der Waals surface area contributed by atoms with Gasteiger partial charge in [0.2, 0.25) is 76.8 Å². The molecule has 0 saturated heterocycles. The van der Waals surface area contributed by atoms with Crippen LogP contribution in [0.4, 0.5) is 0 Å². The number of aliphatic hydroxyl groups is 3. The second-order valence-electron chi connectivity index (χ2n) is 17.2. The fourth-order valence-corrected chi connectivity index (χ4v) is 6.41. The van der Waals surface area contributed by atoms with Gasteiger partial charge in [0.25, 0.3) is 0 Å². The molecular formula is C45H71N13O16. The summed E-state index contributed by atoms with van der Waals surface area (Å²) in [5.41, 5.74) is 15.2. The molecule has 74 heavy (non-hydrogen) atoms. The summed E-state index contributed by atoms with van der Waals surface area (Å²) in [5.74, 6) is -15.4. The molecule has 13 amide bonds. The van der Waals surface area contributed by atoms with Crippen LogP contribution in [0.5, 0.6) is 0 Å².